The van der Waals surface area contributed by atoms with Crippen LogP contribution >= 0.6 is 8.60 Å². The third-order valence-electron chi connectivity index (χ3n) is 5.17. The Balaban J connectivity index is 3.20. The van der Waals surface area contributed by atoms with E-state index >= 15 is 0 Å². The summed E-state index contributed by atoms with van der Waals surface area (Å²) in [5, 5.41) is 0. The number of rotatable bonds is 9. The molecule has 0 aromatic carbocycles. The molecule has 0 aliphatic carbocycles. The Labute approximate surface area is 163 Å². The highest BCUT2D eigenvalue weighted by Gasteiger charge is 2.55. The Kier molecular flexibility index (Phi) is 9.58. The van der Waals surface area contributed by atoms with Crippen LogP contribution in [0.15, 0.2) is 0 Å². The molecule has 6 atom stereocenters. The topological polar surface area (TPSA) is 89.5 Å². The standard InChI is InChI=1S/C18H33O8P/c1-9-15(24-14(5)19)13(4)16-12(3)11(2)10-18(25-16,17(20)21-6)26-27(22-7)23-8/h11-13,15-16H,9-10H2,1-8H3/t11-,12-,13-,15-,16-,18-/m1/s1. The summed E-state index contributed by atoms with van der Waals surface area (Å²) in [5.41, 5.74) is 0. The summed E-state index contributed by atoms with van der Waals surface area (Å²) in [4.78, 5) is 24.1. The first kappa shape index (κ1) is 24.2. The van der Waals surface area contributed by atoms with Crippen molar-refractivity contribution in [2.45, 2.75) is 65.5 Å². The molecule has 9 heteroatoms. The maximum absolute atomic E-state index is 12.6. The quantitative estimate of drug-likeness (QED) is 0.423. The van der Waals surface area contributed by atoms with Crippen LogP contribution in [0.3, 0.4) is 0 Å². The van der Waals surface area contributed by atoms with Crippen LogP contribution in [0.4, 0.5) is 0 Å². The molecule has 0 amide bonds. The molecule has 8 nitrogen and oxygen atoms in total. The van der Waals surface area contributed by atoms with Gasteiger partial charge in [-0.05, 0) is 18.3 Å². The van der Waals surface area contributed by atoms with E-state index in [9.17, 15) is 9.59 Å². The van der Waals surface area contributed by atoms with E-state index in [2.05, 4.69) is 6.92 Å². The molecule has 0 radical (unpaired) electrons. The van der Waals surface area contributed by atoms with Gasteiger partial charge in [-0.3, -0.25) is 9.32 Å². The molecule has 0 N–H and O–H groups in total. The lowest BCUT2D eigenvalue weighted by molar-refractivity contribution is -0.279. The average molecular weight is 408 g/mol. The number of hydrogen-bond acceptors (Lipinski definition) is 8. The molecule has 27 heavy (non-hydrogen) atoms. The molecule has 0 spiro atoms. The Morgan fingerprint density at radius 1 is 1.22 bits per heavy atom. The summed E-state index contributed by atoms with van der Waals surface area (Å²) in [7, 11) is 2.37. The van der Waals surface area contributed by atoms with Crippen molar-refractivity contribution in [1.82, 2.24) is 0 Å². The van der Waals surface area contributed by atoms with Gasteiger partial charge in [-0.2, -0.15) is 0 Å². The van der Waals surface area contributed by atoms with Crippen molar-refractivity contribution in [2.75, 3.05) is 21.3 Å². The van der Waals surface area contributed by atoms with Crippen molar-refractivity contribution in [1.29, 1.82) is 0 Å². The van der Waals surface area contributed by atoms with Gasteiger partial charge in [-0.15, -0.1) is 0 Å². The fraction of sp³-hybridized carbons (Fsp3) is 0.889. The third kappa shape index (κ3) is 5.84. The van der Waals surface area contributed by atoms with E-state index < -0.39 is 20.4 Å². The van der Waals surface area contributed by atoms with E-state index in [1.807, 2.05) is 20.8 Å². The van der Waals surface area contributed by atoms with Crippen molar-refractivity contribution in [3.63, 3.8) is 0 Å². The zero-order valence-corrected chi connectivity index (χ0v) is 18.4. The van der Waals surface area contributed by atoms with E-state index in [0.29, 0.717) is 12.8 Å². The Bertz CT molecular complexity index is 498. The molecular weight excluding hydrogens is 375 g/mol. The summed E-state index contributed by atoms with van der Waals surface area (Å²) < 4.78 is 32.8. The van der Waals surface area contributed by atoms with Crippen LogP contribution in [0.5, 0.6) is 0 Å². The molecule has 1 fully saturated rings. The van der Waals surface area contributed by atoms with Gasteiger partial charge in [0.15, 0.2) is 0 Å². The molecule has 0 aromatic rings. The number of esters is 2. The van der Waals surface area contributed by atoms with Crippen LogP contribution < -0.4 is 0 Å². The summed E-state index contributed by atoms with van der Waals surface area (Å²) in [5.74, 6) is -2.57. The molecule has 158 valence electrons. The van der Waals surface area contributed by atoms with Gasteiger partial charge in [-0.25, -0.2) is 4.79 Å². The van der Waals surface area contributed by atoms with Gasteiger partial charge in [0.2, 0.25) is 0 Å². The minimum absolute atomic E-state index is 0.0886. The third-order valence-corrected chi connectivity index (χ3v) is 6.21. The second-order valence-corrected chi connectivity index (χ2v) is 8.32. The van der Waals surface area contributed by atoms with Gasteiger partial charge in [0.05, 0.1) is 13.2 Å². The lowest BCUT2D eigenvalue weighted by Gasteiger charge is -2.47. The van der Waals surface area contributed by atoms with Crippen molar-refractivity contribution in [2.24, 2.45) is 17.8 Å². The molecule has 1 aliphatic rings. The molecular formula is C18H33O8P. The highest BCUT2D eigenvalue weighted by molar-refractivity contribution is 7.41. The monoisotopic (exact) mass is 408 g/mol. The molecule has 1 aliphatic heterocycles. The summed E-state index contributed by atoms with van der Waals surface area (Å²) in [6.07, 6.45) is 0.223. The molecule has 1 saturated heterocycles. The highest BCUT2D eigenvalue weighted by atomic mass is 31.2. The van der Waals surface area contributed by atoms with Gasteiger partial charge in [0.1, 0.15) is 6.10 Å². The van der Waals surface area contributed by atoms with E-state index in [1.54, 1.807) is 0 Å². The van der Waals surface area contributed by atoms with Gasteiger partial charge >= 0.3 is 20.5 Å². The molecule has 0 saturated carbocycles. The largest absolute Gasteiger partial charge is 0.465 e. The van der Waals surface area contributed by atoms with Crippen molar-refractivity contribution >= 4 is 20.5 Å². The Hall–Kier alpha value is -0.790. The maximum atomic E-state index is 12.6. The normalized spacial score (nSPS) is 30.6. The first-order chi connectivity index (χ1) is 12.6. The first-order valence-corrected chi connectivity index (χ1v) is 10.3. The lowest BCUT2D eigenvalue weighted by atomic mass is 9.76. The first-order valence-electron chi connectivity index (χ1n) is 9.16. The van der Waals surface area contributed by atoms with Crippen LogP contribution in [0.1, 0.15) is 47.5 Å². The van der Waals surface area contributed by atoms with E-state index in [0.717, 1.165) is 0 Å². The Morgan fingerprint density at radius 3 is 2.26 bits per heavy atom. The molecule has 0 aromatic heterocycles. The summed E-state index contributed by atoms with van der Waals surface area (Å²) in [6.45, 7) is 9.37. The molecule has 1 rings (SSSR count). The van der Waals surface area contributed by atoms with Gasteiger partial charge < -0.3 is 23.3 Å². The minimum atomic E-state index is -1.78. The maximum Gasteiger partial charge on any atom is 0.367 e. The summed E-state index contributed by atoms with van der Waals surface area (Å²) in [6, 6.07) is 0. The van der Waals surface area contributed by atoms with Gasteiger partial charge in [0, 0.05) is 33.5 Å². The van der Waals surface area contributed by atoms with Gasteiger partial charge in [-0.1, -0.05) is 27.7 Å². The van der Waals surface area contributed by atoms with Crippen molar-refractivity contribution in [3.05, 3.63) is 0 Å². The van der Waals surface area contributed by atoms with Crippen LogP contribution in [-0.2, 0) is 37.4 Å². The Morgan fingerprint density at radius 2 is 1.81 bits per heavy atom. The number of methoxy groups -OCH3 is 1. The zero-order chi connectivity index (χ0) is 20.8. The molecule has 0 unspecified atom stereocenters. The van der Waals surface area contributed by atoms with E-state index in [-0.39, 0.29) is 35.9 Å². The van der Waals surface area contributed by atoms with Crippen LogP contribution in [-0.4, -0.2) is 51.3 Å². The van der Waals surface area contributed by atoms with Crippen molar-refractivity contribution in [3.8, 4) is 0 Å². The van der Waals surface area contributed by atoms with Crippen LogP contribution in [0.25, 0.3) is 0 Å². The SMILES string of the molecule is CC[C@@H](OC(C)=O)[C@@H](C)[C@@H]1O[C@](OP(OC)OC)(C(=O)OC)C[C@@H](C)[C@H]1C. The average Bonchev–Trinajstić information content (AvgIpc) is 2.65. The fourth-order valence-electron chi connectivity index (χ4n) is 3.53. The van der Waals surface area contributed by atoms with Gasteiger partial charge in [0.25, 0.3) is 5.79 Å². The number of ether oxygens (including phenoxy) is 3. The molecule has 1 heterocycles. The number of hydrogen-bond donors (Lipinski definition) is 0. The number of carbonyl (C=O) groups excluding carboxylic acids is 2. The smallest absolute Gasteiger partial charge is 0.367 e. The lowest BCUT2D eigenvalue weighted by Crippen LogP contribution is -2.57. The minimum Gasteiger partial charge on any atom is -0.465 e. The molecule has 0 bridgehead atoms. The predicted molar refractivity (Wildman–Crippen MR) is 99.6 cm³/mol. The second kappa shape index (κ2) is 10.7. The van der Waals surface area contributed by atoms with Crippen LogP contribution in [0.2, 0.25) is 0 Å². The second-order valence-electron chi connectivity index (χ2n) is 6.96. The zero-order valence-electron chi connectivity index (χ0n) is 17.5. The predicted octanol–water partition coefficient (Wildman–Crippen LogP) is 3.43. The highest BCUT2D eigenvalue weighted by Crippen LogP contribution is 2.50. The van der Waals surface area contributed by atoms with Crippen molar-refractivity contribution < 1.29 is 37.4 Å². The number of carbonyl (C=O) groups is 2. The van der Waals surface area contributed by atoms with Crippen LogP contribution in [0, 0.1) is 17.8 Å². The fourth-order valence-corrected chi connectivity index (χ4v) is 4.27. The van der Waals surface area contributed by atoms with E-state index in [1.165, 1.54) is 28.3 Å². The van der Waals surface area contributed by atoms with E-state index in [4.69, 9.17) is 27.8 Å². The summed E-state index contributed by atoms with van der Waals surface area (Å²) >= 11 is 0.